The molecule has 0 saturated carbocycles. The quantitative estimate of drug-likeness (QED) is 0.909. The van der Waals surface area contributed by atoms with Crippen LogP contribution in [-0.4, -0.2) is 24.2 Å². The van der Waals surface area contributed by atoms with Gasteiger partial charge in [-0.05, 0) is 17.5 Å². The van der Waals surface area contributed by atoms with Crippen LogP contribution in [0.15, 0.2) is 41.8 Å². The van der Waals surface area contributed by atoms with Crippen LogP contribution in [0.25, 0.3) is 0 Å². The Balaban J connectivity index is 1.66. The van der Waals surface area contributed by atoms with Gasteiger partial charge in [0, 0.05) is 16.9 Å². The van der Waals surface area contributed by atoms with Crippen molar-refractivity contribution in [3.05, 3.63) is 52.2 Å². The first-order valence-corrected chi connectivity index (χ1v) is 7.79. The number of thiophene rings is 1. The van der Waals surface area contributed by atoms with E-state index >= 15 is 0 Å². The highest BCUT2D eigenvalue weighted by molar-refractivity contribution is 7.10. The third kappa shape index (κ3) is 3.09. The Morgan fingerprint density at radius 3 is 3.00 bits per heavy atom. The Morgan fingerprint density at radius 2 is 2.19 bits per heavy atom. The predicted molar refractivity (Wildman–Crippen MR) is 81.5 cm³/mol. The summed E-state index contributed by atoms with van der Waals surface area (Å²) >= 11 is 1.56. The molecule has 0 fully saturated rings. The second-order valence-corrected chi connectivity index (χ2v) is 6.19. The summed E-state index contributed by atoms with van der Waals surface area (Å²) in [6.07, 6.45) is 0.829. The lowest BCUT2D eigenvalue weighted by molar-refractivity contribution is -0.122. The molecule has 1 atom stereocenters. The molecule has 2 N–H and O–H groups in total. The van der Waals surface area contributed by atoms with Crippen LogP contribution >= 0.6 is 11.3 Å². The van der Waals surface area contributed by atoms with E-state index in [0.717, 1.165) is 10.4 Å². The summed E-state index contributed by atoms with van der Waals surface area (Å²) in [7, 11) is 0. The minimum atomic E-state index is -1.06. The first-order chi connectivity index (χ1) is 10.2. The predicted octanol–water partition coefficient (Wildman–Crippen LogP) is 2.08. The van der Waals surface area contributed by atoms with E-state index < -0.39 is 5.60 Å². The van der Waals surface area contributed by atoms with Gasteiger partial charge < -0.3 is 15.2 Å². The summed E-state index contributed by atoms with van der Waals surface area (Å²) < 4.78 is 5.54. The number of carbonyl (C=O) groups excluding carboxylic acids is 1. The van der Waals surface area contributed by atoms with Crippen LogP contribution in [-0.2, 0) is 16.8 Å². The zero-order chi connectivity index (χ0) is 14.7. The summed E-state index contributed by atoms with van der Waals surface area (Å²) in [5, 5.41) is 15.6. The van der Waals surface area contributed by atoms with Crippen molar-refractivity contribution < 1.29 is 14.6 Å². The fourth-order valence-electron chi connectivity index (χ4n) is 2.50. The lowest BCUT2D eigenvalue weighted by Crippen LogP contribution is -2.44. The molecule has 110 valence electrons. The molecule has 0 radical (unpaired) electrons. The van der Waals surface area contributed by atoms with E-state index in [1.165, 1.54) is 0 Å². The highest BCUT2D eigenvalue weighted by Gasteiger charge is 2.35. The van der Waals surface area contributed by atoms with Crippen molar-refractivity contribution in [3.8, 4) is 5.75 Å². The molecule has 1 aliphatic heterocycles. The number of carbonyl (C=O) groups is 1. The van der Waals surface area contributed by atoms with Crippen LogP contribution in [0, 0.1) is 0 Å². The van der Waals surface area contributed by atoms with E-state index in [4.69, 9.17) is 4.74 Å². The van der Waals surface area contributed by atoms with Crippen molar-refractivity contribution in [1.29, 1.82) is 0 Å². The lowest BCUT2D eigenvalue weighted by Gasteiger charge is -2.34. The summed E-state index contributed by atoms with van der Waals surface area (Å²) in [4.78, 5) is 13.0. The van der Waals surface area contributed by atoms with Gasteiger partial charge in [-0.15, -0.1) is 11.3 Å². The molecule has 5 heteroatoms. The highest BCUT2D eigenvalue weighted by Crippen LogP contribution is 2.36. The standard InChI is InChI=1S/C16H17NO3S/c18-15(10-12-4-3-9-21-12)17-11-16(19)7-8-20-14-6-2-1-5-13(14)16/h1-6,9,19H,7-8,10-11H2,(H,17,18)/t16-/m1/s1. The fraction of sp³-hybridized carbons (Fsp3) is 0.312. The minimum Gasteiger partial charge on any atom is -0.493 e. The van der Waals surface area contributed by atoms with Gasteiger partial charge in [-0.25, -0.2) is 0 Å². The molecule has 2 aromatic rings. The van der Waals surface area contributed by atoms with E-state index in [9.17, 15) is 9.90 Å². The van der Waals surface area contributed by atoms with Crippen molar-refractivity contribution in [2.75, 3.05) is 13.2 Å². The highest BCUT2D eigenvalue weighted by atomic mass is 32.1. The van der Waals surface area contributed by atoms with E-state index in [1.54, 1.807) is 11.3 Å². The molecular formula is C16H17NO3S. The van der Waals surface area contributed by atoms with Crippen molar-refractivity contribution in [3.63, 3.8) is 0 Å². The number of ether oxygens (including phenoxy) is 1. The van der Waals surface area contributed by atoms with Gasteiger partial charge in [0.25, 0.3) is 0 Å². The van der Waals surface area contributed by atoms with E-state index in [2.05, 4.69) is 5.32 Å². The molecule has 21 heavy (non-hydrogen) atoms. The fourth-order valence-corrected chi connectivity index (χ4v) is 3.21. The number of aliphatic hydroxyl groups is 1. The third-order valence-corrected chi connectivity index (χ3v) is 4.53. The SMILES string of the molecule is O=C(Cc1cccs1)NC[C@]1(O)CCOc2ccccc21. The van der Waals surface area contributed by atoms with Gasteiger partial charge in [0.1, 0.15) is 11.4 Å². The minimum absolute atomic E-state index is 0.0742. The molecule has 0 saturated heterocycles. The molecule has 3 rings (SSSR count). The molecule has 0 spiro atoms. The maximum atomic E-state index is 12.0. The molecule has 1 aromatic carbocycles. The Kier molecular flexibility index (Phi) is 3.94. The summed E-state index contributed by atoms with van der Waals surface area (Å²) in [6.45, 7) is 0.659. The molecule has 0 bridgehead atoms. The Labute approximate surface area is 127 Å². The number of fused-ring (bicyclic) bond motifs is 1. The normalized spacial score (nSPS) is 20.4. The van der Waals surface area contributed by atoms with Gasteiger partial charge in [-0.3, -0.25) is 4.79 Å². The number of amides is 1. The van der Waals surface area contributed by atoms with Gasteiger partial charge in [-0.1, -0.05) is 24.3 Å². The monoisotopic (exact) mass is 303 g/mol. The zero-order valence-corrected chi connectivity index (χ0v) is 12.4. The largest absolute Gasteiger partial charge is 0.493 e. The molecule has 1 aromatic heterocycles. The van der Waals surface area contributed by atoms with Crippen molar-refractivity contribution in [2.24, 2.45) is 0 Å². The number of hydrogen-bond donors (Lipinski definition) is 2. The average Bonchev–Trinajstić information content (AvgIpc) is 2.99. The van der Waals surface area contributed by atoms with Gasteiger partial charge in [0.15, 0.2) is 0 Å². The summed E-state index contributed by atoms with van der Waals surface area (Å²) in [5.74, 6) is 0.619. The number of nitrogens with one attached hydrogen (secondary N) is 1. The van der Waals surface area contributed by atoms with Crippen LogP contribution in [0.1, 0.15) is 16.9 Å². The maximum absolute atomic E-state index is 12.0. The van der Waals surface area contributed by atoms with E-state index in [0.29, 0.717) is 25.2 Å². The number of hydrogen-bond acceptors (Lipinski definition) is 4. The van der Waals surface area contributed by atoms with Crippen molar-refractivity contribution in [2.45, 2.75) is 18.4 Å². The molecular weight excluding hydrogens is 286 g/mol. The number of rotatable bonds is 4. The first-order valence-electron chi connectivity index (χ1n) is 6.91. The smallest absolute Gasteiger partial charge is 0.225 e. The van der Waals surface area contributed by atoms with Crippen LogP contribution in [0.2, 0.25) is 0 Å². The van der Waals surface area contributed by atoms with Crippen molar-refractivity contribution >= 4 is 17.2 Å². The summed E-state index contributed by atoms with van der Waals surface area (Å²) in [5.41, 5.74) is -0.312. The third-order valence-electron chi connectivity index (χ3n) is 3.65. The molecule has 0 aliphatic carbocycles. The van der Waals surface area contributed by atoms with Crippen molar-refractivity contribution in [1.82, 2.24) is 5.32 Å². The molecule has 1 aliphatic rings. The number of benzene rings is 1. The summed E-state index contributed by atoms with van der Waals surface area (Å²) in [6, 6.07) is 11.3. The topological polar surface area (TPSA) is 58.6 Å². The van der Waals surface area contributed by atoms with Crippen LogP contribution in [0.3, 0.4) is 0 Å². The number of para-hydroxylation sites is 1. The van der Waals surface area contributed by atoms with E-state index in [-0.39, 0.29) is 12.5 Å². The zero-order valence-electron chi connectivity index (χ0n) is 11.5. The Bertz CT molecular complexity index is 626. The van der Waals surface area contributed by atoms with Gasteiger partial charge in [-0.2, -0.15) is 0 Å². The van der Waals surface area contributed by atoms with Crippen LogP contribution in [0.4, 0.5) is 0 Å². The Morgan fingerprint density at radius 1 is 1.33 bits per heavy atom. The van der Waals surface area contributed by atoms with Gasteiger partial charge in [0.05, 0.1) is 19.6 Å². The van der Waals surface area contributed by atoms with Crippen LogP contribution < -0.4 is 10.1 Å². The van der Waals surface area contributed by atoms with E-state index in [1.807, 2.05) is 41.8 Å². The Hall–Kier alpha value is -1.85. The van der Waals surface area contributed by atoms with Crippen LogP contribution in [0.5, 0.6) is 5.75 Å². The molecule has 1 amide bonds. The van der Waals surface area contributed by atoms with Gasteiger partial charge >= 0.3 is 0 Å². The van der Waals surface area contributed by atoms with Gasteiger partial charge in [0.2, 0.25) is 5.91 Å². The molecule has 0 unspecified atom stereocenters. The first kappa shape index (κ1) is 14.1. The average molecular weight is 303 g/mol. The lowest BCUT2D eigenvalue weighted by atomic mass is 9.88. The second kappa shape index (κ2) is 5.87. The molecule has 4 nitrogen and oxygen atoms in total. The molecule has 2 heterocycles. The second-order valence-electron chi connectivity index (χ2n) is 5.16. The maximum Gasteiger partial charge on any atom is 0.225 e.